The molecule has 0 saturated carbocycles. The average Bonchev–Trinajstić information content (AvgIpc) is 3.36. The molecule has 0 saturated heterocycles. The number of carbonyl (C=O) groups is 2. The first-order chi connectivity index (χ1) is 35.9. The van der Waals surface area contributed by atoms with E-state index in [9.17, 15) is 19.0 Å². The molecule has 0 spiro atoms. The second-order valence-electron chi connectivity index (χ2n) is 22.2. The van der Waals surface area contributed by atoms with Gasteiger partial charge in [0.15, 0.2) is 0 Å². The van der Waals surface area contributed by atoms with Gasteiger partial charge in [0.2, 0.25) is 5.91 Å². The summed E-state index contributed by atoms with van der Waals surface area (Å²) >= 11 is 0. The Hall–Kier alpha value is -2.29. The molecular weight excluding hydrogens is 940 g/mol. The summed E-state index contributed by atoms with van der Waals surface area (Å²) in [5.74, 6) is -0.511. The van der Waals surface area contributed by atoms with Gasteiger partial charge in [-0.15, -0.1) is 0 Å². The second-order valence-corrected chi connectivity index (χ2v) is 23.6. The van der Waals surface area contributed by atoms with E-state index in [1.165, 1.54) is 161 Å². The van der Waals surface area contributed by atoms with Crippen molar-refractivity contribution in [2.75, 3.05) is 40.9 Å². The topological polar surface area (TPSA) is 111 Å². The van der Waals surface area contributed by atoms with Crippen molar-refractivity contribution in [2.24, 2.45) is 0 Å². The van der Waals surface area contributed by atoms with Crippen molar-refractivity contribution in [2.45, 2.75) is 296 Å². The van der Waals surface area contributed by atoms with Gasteiger partial charge in [0.1, 0.15) is 19.3 Å². The number of phosphoric acid groups is 1. The number of allylic oxidation sites excluding steroid dienone is 9. The smallest absolute Gasteiger partial charge is 0.456 e. The first-order valence-electron chi connectivity index (χ1n) is 31.1. The van der Waals surface area contributed by atoms with Crippen LogP contribution in [0.25, 0.3) is 0 Å². The average molecular weight is 1060 g/mol. The lowest BCUT2D eigenvalue weighted by Gasteiger charge is -2.27. The molecule has 0 rings (SSSR count). The van der Waals surface area contributed by atoms with Gasteiger partial charge in [0.25, 0.3) is 0 Å². The SMILES string of the molecule is CC/C=C/C/C=C/CCCCCCCCCC(=O)OC(/C=C\CCCCCCCCCCC)C(COP(=O)(O)OCC[N+](C)(C)C)NC(=O)CCCCCCCCCCCCCCC/C=C\C/C=C\CCCCC. The highest BCUT2D eigenvalue weighted by Gasteiger charge is 2.30. The number of nitrogens with zero attached hydrogens (tertiary/aromatic N) is 1. The van der Waals surface area contributed by atoms with Crippen LogP contribution in [0.4, 0.5) is 0 Å². The third kappa shape index (κ3) is 54.5. The molecule has 9 nitrogen and oxygen atoms in total. The Kier molecular flexibility index (Phi) is 52.4. The van der Waals surface area contributed by atoms with E-state index < -0.39 is 20.0 Å². The van der Waals surface area contributed by atoms with Crippen LogP contribution in [0.5, 0.6) is 0 Å². The Morgan fingerprint density at radius 1 is 0.486 bits per heavy atom. The van der Waals surface area contributed by atoms with E-state index in [-0.39, 0.29) is 31.5 Å². The normalized spacial score (nSPS) is 14.1. The van der Waals surface area contributed by atoms with Crippen LogP contribution in [0.2, 0.25) is 0 Å². The molecule has 0 heterocycles. The van der Waals surface area contributed by atoms with Crippen LogP contribution in [0.1, 0.15) is 284 Å². The van der Waals surface area contributed by atoms with Crippen LogP contribution in [-0.4, -0.2) is 74.3 Å². The number of rotatable bonds is 56. The number of ether oxygens (including phenoxy) is 1. The van der Waals surface area contributed by atoms with Crippen LogP contribution in [0.3, 0.4) is 0 Å². The van der Waals surface area contributed by atoms with Gasteiger partial charge in [-0.05, 0) is 89.5 Å². The fourth-order valence-electron chi connectivity index (χ4n) is 8.89. The molecule has 2 N–H and O–H groups in total. The van der Waals surface area contributed by atoms with E-state index in [1.54, 1.807) is 0 Å². The van der Waals surface area contributed by atoms with Crippen LogP contribution in [0.15, 0.2) is 60.8 Å². The van der Waals surface area contributed by atoms with Crippen LogP contribution >= 0.6 is 7.82 Å². The van der Waals surface area contributed by atoms with E-state index in [0.717, 1.165) is 89.9 Å². The lowest BCUT2D eigenvalue weighted by molar-refractivity contribution is -0.870. The highest BCUT2D eigenvalue weighted by atomic mass is 31.2. The fourth-order valence-corrected chi connectivity index (χ4v) is 9.63. The summed E-state index contributed by atoms with van der Waals surface area (Å²) in [5.41, 5.74) is 0. The fraction of sp³-hybridized carbons (Fsp3) is 0.812. The van der Waals surface area contributed by atoms with Gasteiger partial charge in [-0.3, -0.25) is 18.6 Å². The molecule has 0 aliphatic carbocycles. The van der Waals surface area contributed by atoms with Crippen molar-refractivity contribution in [3.63, 3.8) is 0 Å². The summed E-state index contributed by atoms with van der Waals surface area (Å²) < 4.78 is 30.7. The number of nitrogens with one attached hydrogen (secondary N) is 1. The lowest BCUT2D eigenvalue weighted by atomic mass is 10.0. The maximum absolute atomic E-state index is 13.5. The molecule has 1 amide bonds. The number of likely N-dealkylation sites (N-methyl/N-ethyl adjacent to an activating group) is 1. The number of carbonyl (C=O) groups excluding carboxylic acids is 2. The van der Waals surface area contributed by atoms with E-state index in [0.29, 0.717) is 17.4 Å². The number of quaternary nitrogens is 1. The summed E-state index contributed by atoms with van der Waals surface area (Å²) in [4.78, 5) is 37.7. The predicted molar refractivity (Wildman–Crippen MR) is 318 cm³/mol. The molecule has 0 radical (unpaired) electrons. The first-order valence-corrected chi connectivity index (χ1v) is 32.6. The maximum atomic E-state index is 13.5. The number of phosphoric ester groups is 1. The monoisotopic (exact) mass is 1060 g/mol. The van der Waals surface area contributed by atoms with Crippen molar-refractivity contribution < 1.29 is 37.3 Å². The molecule has 0 aromatic carbocycles. The third-order valence-electron chi connectivity index (χ3n) is 13.7. The highest BCUT2D eigenvalue weighted by Crippen LogP contribution is 2.43. The van der Waals surface area contributed by atoms with Gasteiger partial charge >= 0.3 is 13.8 Å². The molecule has 0 aliphatic rings. The van der Waals surface area contributed by atoms with Crippen LogP contribution in [-0.2, 0) is 27.9 Å². The number of amides is 1. The van der Waals surface area contributed by atoms with Gasteiger partial charge < -0.3 is 19.4 Å². The zero-order valence-corrected chi connectivity index (χ0v) is 50.2. The van der Waals surface area contributed by atoms with Crippen LogP contribution in [0, 0.1) is 0 Å². The molecule has 0 bridgehead atoms. The van der Waals surface area contributed by atoms with E-state index >= 15 is 0 Å². The standard InChI is InChI=1S/C64H119N2O7P/c1-7-10-13-16-19-22-25-27-29-30-31-32-33-34-35-36-37-38-41-44-47-50-53-56-63(67)65-61(60-72-74(69,70)71-59-58-66(4,5)6)62(55-52-49-46-43-40-24-21-18-15-12-9-3)73-64(68)57-54-51-48-45-42-39-28-26-23-20-17-14-11-8-2/h11,14,19-20,22-23,27,29,52,55,61-62H,7-10,12-13,15-18,21,24-26,28,30-51,53-54,56-60H2,1-6H3,(H-,65,67,69,70)/p+1/b14-11+,22-19-,23-20+,29-27-,55-52-. The Labute approximate surface area is 458 Å². The molecule has 0 fully saturated rings. The predicted octanol–water partition coefficient (Wildman–Crippen LogP) is 19.1. The first kappa shape index (κ1) is 71.7. The van der Waals surface area contributed by atoms with Crippen molar-refractivity contribution in [1.29, 1.82) is 0 Å². The van der Waals surface area contributed by atoms with E-state index in [2.05, 4.69) is 74.7 Å². The number of hydrogen-bond donors (Lipinski definition) is 2. The Bertz CT molecular complexity index is 1450. The minimum atomic E-state index is -4.45. The Morgan fingerprint density at radius 3 is 1.31 bits per heavy atom. The number of esters is 1. The summed E-state index contributed by atoms with van der Waals surface area (Å²) in [7, 11) is 1.49. The molecule has 74 heavy (non-hydrogen) atoms. The molecule has 0 aliphatic heterocycles. The summed E-state index contributed by atoms with van der Waals surface area (Å²) in [6, 6.07) is -0.851. The van der Waals surface area contributed by atoms with Crippen LogP contribution < -0.4 is 5.32 Å². The van der Waals surface area contributed by atoms with Crippen molar-refractivity contribution in [1.82, 2.24) is 5.32 Å². The minimum Gasteiger partial charge on any atom is -0.456 e. The molecule has 3 unspecified atom stereocenters. The molecule has 432 valence electrons. The van der Waals surface area contributed by atoms with Crippen molar-refractivity contribution in [3.8, 4) is 0 Å². The van der Waals surface area contributed by atoms with Crippen molar-refractivity contribution >= 4 is 19.7 Å². The van der Waals surface area contributed by atoms with E-state index in [4.69, 9.17) is 13.8 Å². The largest absolute Gasteiger partial charge is 0.472 e. The summed E-state index contributed by atoms with van der Waals surface area (Å²) in [5, 5.41) is 3.05. The zero-order chi connectivity index (χ0) is 54.3. The Morgan fingerprint density at radius 2 is 0.865 bits per heavy atom. The summed E-state index contributed by atoms with van der Waals surface area (Å²) in [6.45, 7) is 6.89. The molecule has 0 aromatic rings. The van der Waals surface area contributed by atoms with Gasteiger partial charge in [0, 0.05) is 12.8 Å². The Balaban J connectivity index is 5.12. The molecule has 10 heteroatoms. The number of unbranched alkanes of at least 4 members (excludes halogenated alkanes) is 32. The molecule has 0 aromatic heterocycles. The lowest BCUT2D eigenvalue weighted by Crippen LogP contribution is -2.47. The highest BCUT2D eigenvalue weighted by molar-refractivity contribution is 7.47. The quantitative estimate of drug-likeness (QED) is 0.0205. The van der Waals surface area contributed by atoms with Crippen molar-refractivity contribution in [3.05, 3.63) is 60.8 Å². The van der Waals surface area contributed by atoms with Gasteiger partial charge in [-0.1, -0.05) is 242 Å². The molecule has 3 atom stereocenters. The minimum absolute atomic E-state index is 0.0381. The maximum Gasteiger partial charge on any atom is 0.472 e. The van der Waals surface area contributed by atoms with Gasteiger partial charge in [0.05, 0.1) is 33.8 Å². The van der Waals surface area contributed by atoms with E-state index in [1.807, 2.05) is 33.3 Å². The second kappa shape index (κ2) is 54.1. The summed E-state index contributed by atoms with van der Waals surface area (Å²) in [6.07, 6.45) is 67.9. The van der Waals surface area contributed by atoms with Gasteiger partial charge in [-0.2, -0.15) is 0 Å². The third-order valence-corrected chi connectivity index (χ3v) is 14.7. The zero-order valence-electron chi connectivity index (χ0n) is 49.3. The molecular formula is C64H120N2O7P+. The van der Waals surface area contributed by atoms with Gasteiger partial charge in [-0.25, -0.2) is 4.57 Å². The number of hydrogen-bond acceptors (Lipinski definition) is 6.